The summed E-state index contributed by atoms with van der Waals surface area (Å²) >= 11 is 0. The summed E-state index contributed by atoms with van der Waals surface area (Å²) in [5.74, 6) is -0.617. The third kappa shape index (κ3) is 3.35. The Labute approximate surface area is 161 Å². The first-order valence-electron chi connectivity index (χ1n) is 9.45. The van der Waals surface area contributed by atoms with E-state index in [9.17, 15) is 14.0 Å². The molecule has 0 spiro atoms. The largest absolute Gasteiger partial charge is 0.319 e. The number of anilines is 1. The van der Waals surface area contributed by atoms with E-state index in [4.69, 9.17) is 0 Å². The van der Waals surface area contributed by atoms with Crippen LogP contribution in [0.25, 0.3) is 5.69 Å². The molecule has 4 rings (SSSR count). The van der Waals surface area contributed by atoms with Crippen LogP contribution >= 0.6 is 0 Å². The standard InChI is InChI=1S/C21H21FN4O2/c1-2-25-13-15(9-12-19(25)27)23-21(28)20-17-5-3-4-6-18(17)26(24-20)16-10-7-14(22)8-11-16/h7-13H,2-6H2,1H3,(H,23,28). The second-order valence-corrected chi connectivity index (χ2v) is 6.87. The number of aromatic nitrogens is 3. The molecule has 0 saturated carbocycles. The van der Waals surface area contributed by atoms with Gasteiger partial charge in [0.1, 0.15) is 5.82 Å². The van der Waals surface area contributed by atoms with Crippen LogP contribution in [0.15, 0.2) is 47.4 Å². The van der Waals surface area contributed by atoms with Crippen LogP contribution in [0.5, 0.6) is 0 Å². The number of hydrogen-bond donors (Lipinski definition) is 1. The van der Waals surface area contributed by atoms with Gasteiger partial charge in [0.15, 0.2) is 5.69 Å². The van der Waals surface area contributed by atoms with Gasteiger partial charge in [0.25, 0.3) is 11.5 Å². The Balaban J connectivity index is 1.70. The van der Waals surface area contributed by atoms with Crippen LogP contribution in [0.4, 0.5) is 10.1 Å². The molecule has 0 unspecified atom stereocenters. The Kier molecular flexibility index (Phi) is 4.81. The van der Waals surface area contributed by atoms with E-state index in [0.29, 0.717) is 17.9 Å². The van der Waals surface area contributed by atoms with Gasteiger partial charge in [0.2, 0.25) is 0 Å². The van der Waals surface area contributed by atoms with E-state index in [1.165, 1.54) is 22.8 Å². The quantitative estimate of drug-likeness (QED) is 0.755. The topological polar surface area (TPSA) is 68.9 Å². The molecule has 1 amide bonds. The Morgan fingerprint density at radius 1 is 1.14 bits per heavy atom. The van der Waals surface area contributed by atoms with E-state index < -0.39 is 0 Å². The van der Waals surface area contributed by atoms with Crippen molar-refractivity contribution in [1.29, 1.82) is 0 Å². The fourth-order valence-electron chi connectivity index (χ4n) is 3.62. The first-order chi connectivity index (χ1) is 13.6. The van der Waals surface area contributed by atoms with E-state index in [1.54, 1.807) is 29.1 Å². The predicted octanol–water partition coefficient (Wildman–Crippen LogP) is 3.32. The average molecular weight is 380 g/mol. The smallest absolute Gasteiger partial charge is 0.276 e. The van der Waals surface area contributed by atoms with Crippen LogP contribution in [0.2, 0.25) is 0 Å². The lowest BCUT2D eigenvalue weighted by Crippen LogP contribution is -2.20. The summed E-state index contributed by atoms with van der Waals surface area (Å²) in [6.45, 7) is 2.39. The van der Waals surface area contributed by atoms with Crippen LogP contribution in [0.3, 0.4) is 0 Å². The molecule has 0 bridgehead atoms. The Hall–Kier alpha value is -3.22. The molecule has 0 saturated heterocycles. The Morgan fingerprint density at radius 3 is 2.64 bits per heavy atom. The molecule has 2 aromatic heterocycles. The van der Waals surface area contributed by atoms with Gasteiger partial charge in [-0.1, -0.05) is 0 Å². The van der Waals surface area contributed by atoms with Crippen LogP contribution in [0, 0.1) is 5.82 Å². The van der Waals surface area contributed by atoms with E-state index in [2.05, 4.69) is 10.4 Å². The van der Waals surface area contributed by atoms with Crippen molar-refractivity contribution >= 4 is 11.6 Å². The number of amides is 1. The van der Waals surface area contributed by atoms with Gasteiger partial charge < -0.3 is 9.88 Å². The van der Waals surface area contributed by atoms with Crippen LogP contribution in [-0.2, 0) is 19.4 Å². The molecule has 0 atom stereocenters. The molecule has 0 aliphatic heterocycles. The summed E-state index contributed by atoms with van der Waals surface area (Å²) in [6.07, 6.45) is 5.27. The van der Waals surface area contributed by atoms with Gasteiger partial charge >= 0.3 is 0 Å². The lowest BCUT2D eigenvalue weighted by Gasteiger charge is -2.14. The number of rotatable bonds is 4. The molecule has 28 heavy (non-hydrogen) atoms. The maximum absolute atomic E-state index is 13.3. The maximum Gasteiger partial charge on any atom is 0.276 e. The van der Waals surface area contributed by atoms with Gasteiger partial charge in [-0.15, -0.1) is 0 Å². The average Bonchev–Trinajstić information content (AvgIpc) is 3.10. The maximum atomic E-state index is 13.3. The third-order valence-electron chi connectivity index (χ3n) is 5.05. The first kappa shape index (κ1) is 18.2. The van der Waals surface area contributed by atoms with Crippen LogP contribution in [0.1, 0.15) is 41.5 Å². The number of carbonyl (C=O) groups is 1. The molecule has 3 aromatic rings. The summed E-state index contributed by atoms with van der Waals surface area (Å²) in [6, 6.07) is 9.13. The fraction of sp³-hybridized carbons (Fsp3) is 0.286. The SMILES string of the molecule is CCn1cc(NC(=O)c2nn(-c3ccc(F)cc3)c3c2CCCC3)ccc1=O. The molecular formula is C21H21FN4O2. The van der Waals surface area contributed by atoms with Crippen molar-refractivity contribution in [2.75, 3.05) is 5.32 Å². The van der Waals surface area contributed by atoms with Crippen molar-refractivity contribution in [1.82, 2.24) is 14.3 Å². The van der Waals surface area contributed by atoms with Gasteiger partial charge in [-0.2, -0.15) is 5.10 Å². The fourth-order valence-corrected chi connectivity index (χ4v) is 3.62. The van der Waals surface area contributed by atoms with Gasteiger partial charge in [-0.3, -0.25) is 9.59 Å². The van der Waals surface area contributed by atoms with E-state index in [0.717, 1.165) is 42.6 Å². The van der Waals surface area contributed by atoms with E-state index in [1.807, 2.05) is 6.92 Å². The molecule has 1 aliphatic carbocycles. The van der Waals surface area contributed by atoms with Gasteiger partial charge in [0, 0.05) is 30.1 Å². The van der Waals surface area contributed by atoms with Crippen LogP contribution < -0.4 is 10.9 Å². The molecule has 1 aliphatic rings. The zero-order valence-corrected chi connectivity index (χ0v) is 15.6. The Morgan fingerprint density at radius 2 is 1.89 bits per heavy atom. The highest BCUT2D eigenvalue weighted by molar-refractivity contribution is 6.04. The summed E-state index contributed by atoms with van der Waals surface area (Å²) < 4.78 is 16.6. The molecule has 2 heterocycles. The third-order valence-corrected chi connectivity index (χ3v) is 5.05. The van der Waals surface area contributed by atoms with E-state index in [-0.39, 0.29) is 17.3 Å². The van der Waals surface area contributed by atoms with Crippen molar-refractivity contribution in [2.24, 2.45) is 0 Å². The zero-order valence-electron chi connectivity index (χ0n) is 15.6. The van der Waals surface area contributed by atoms with Crippen molar-refractivity contribution < 1.29 is 9.18 Å². The number of benzene rings is 1. The van der Waals surface area contributed by atoms with Gasteiger partial charge in [-0.05, 0) is 62.9 Å². The number of nitrogens with zero attached hydrogens (tertiary/aromatic N) is 3. The number of fused-ring (bicyclic) bond motifs is 1. The molecule has 1 aromatic carbocycles. The summed E-state index contributed by atoms with van der Waals surface area (Å²) in [7, 11) is 0. The lowest BCUT2D eigenvalue weighted by molar-refractivity contribution is 0.102. The predicted molar refractivity (Wildman–Crippen MR) is 104 cm³/mol. The van der Waals surface area contributed by atoms with E-state index >= 15 is 0 Å². The van der Waals surface area contributed by atoms with Crippen molar-refractivity contribution in [3.63, 3.8) is 0 Å². The second-order valence-electron chi connectivity index (χ2n) is 6.87. The Bertz CT molecular complexity index is 1080. The van der Waals surface area contributed by atoms with Gasteiger partial charge in [-0.25, -0.2) is 9.07 Å². The minimum Gasteiger partial charge on any atom is -0.319 e. The first-order valence-corrected chi connectivity index (χ1v) is 9.45. The minimum absolute atomic E-state index is 0.113. The highest BCUT2D eigenvalue weighted by atomic mass is 19.1. The molecule has 0 radical (unpaired) electrons. The molecule has 144 valence electrons. The molecule has 1 N–H and O–H groups in total. The number of pyridine rings is 1. The number of hydrogen-bond acceptors (Lipinski definition) is 3. The number of halogens is 1. The van der Waals surface area contributed by atoms with Crippen molar-refractivity contribution in [3.05, 3.63) is 75.7 Å². The number of aryl methyl sites for hydroxylation is 1. The van der Waals surface area contributed by atoms with Gasteiger partial charge in [0.05, 0.1) is 11.4 Å². The molecular weight excluding hydrogens is 359 g/mol. The molecule has 6 nitrogen and oxygen atoms in total. The lowest BCUT2D eigenvalue weighted by atomic mass is 9.95. The monoisotopic (exact) mass is 380 g/mol. The minimum atomic E-state index is -0.311. The number of nitrogens with one attached hydrogen (secondary N) is 1. The summed E-state index contributed by atoms with van der Waals surface area (Å²) in [4.78, 5) is 24.7. The highest BCUT2D eigenvalue weighted by Crippen LogP contribution is 2.27. The van der Waals surface area contributed by atoms with Crippen LogP contribution in [-0.4, -0.2) is 20.3 Å². The summed E-state index contributed by atoms with van der Waals surface area (Å²) in [5, 5.41) is 7.41. The zero-order chi connectivity index (χ0) is 19.7. The normalized spacial score (nSPS) is 13.2. The number of carbonyl (C=O) groups excluding carboxylic acids is 1. The molecule has 0 fully saturated rings. The summed E-state index contributed by atoms with van der Waals surface area (Å²) in [5.41, 5.74) is 3.50. The highest BCUT2D eigenvalue weighted by Gasteiger charge is 2.25. The molecule has 7 heteroatoms. The van der Waals surface area contributed by atoms with Crippen molar-refractivity contribution in [3.8, 4) is 5.69 Å². The van der Waals surface area contributed by atoms with Crippen molar-refractivity contribution in [2.45, 2.75) is 39.2 Å². The second kappa shape index (κ2) is 7.42.